The maximum atomic E-state index is 4.45. The number of benzene rings is 1. The lowest BCUT2D eigenvalue weighted by Crippen LogP contribution is -2.45. The van der Waals surface area contributed by atoms with E-state index in [0.717, 1.165) is 38.4 Å². The van der Waals surface area contributed by atoms with Crippen LogP contribution in [0.1, 0.15) is 38.3 Å². The van der Waals surface area contributed by atoms with Gasteiger partial charge in [-0.15, -0.1) is 24.0 Å². The molecule has 0 atom stereocenters. The van der Waals surface area contributed by atoms with E-state index in [-0.39, 0.29) is 29.4 Å². The van der Waals surface area contributed by atoms with E-state index in [1.54, 1.807) is 0 Å². The summed E-state index contributed by atoms with van der Waals surface area (Å²) in [4.78, 5) is 4.45. The molecule has 0 aliphatic carbocycles. The van der Waals surface area contributed by atoms with Crippen LogP contribution in [0.15, 0.2) is 29.3 Å². The van der Waals surface area contributed by atoms with Gasteiger partial charge in [-0.1, -0.05) is 45.0 Å². The summed E-state index contributed by atoms with van der Waals surface area (Å²) in [5.74, 6) is 0.949. The standard InChI is InChI=1S/C16H25N3.HI/c1-4-13-6-8-14(9-7-13)16(2,3)12-19-15-17-10-5-11-18-15;/h6-9H,4-5,10-12H2,1-3H3,(H2,17,18,19);1H. The highest BCUT2D eigenvalue weighted by Gasteiger charge is 2.21. The first kappa shape index (κ1) is 17.3. The van der Waals surface area contributed by atoms with E-state index in [1.165, 1.54) is 11.1 Å². The topological polar surface area (TPSA) is 36.4 Å². The van der Waals surface area contributed by atoms with Gasteiger partial charge in [-0.3, -0.25) is 4.99 Å². The molecular formula is C16H26IN3. The first-order valence-corrected chi connectivity index (χ1v) is 7.23. The second-order valence-electron chi connectivity index (χ2n) is 5.80. The van der Waals surface area contributed by atoms with Crippen LogP contribution in [-0.2, 0) is 11.8 Å². The van der Waals surface area contributed by atoms with E-state index >= 15 is 0 Å². The van der Waals surface area contributed by atoms with Crippen LogP contribution in [0, 0.1) is 0 Å². The van der Waals surface area contributed by atoms with Gasteiger partial charge in [0.25, 0.3) is 0 Å². The number of aryl methyl sites for hydroxylation is 1. The summed E-state index contributed by atoms with van der Waals surface area (Å²) >= 11 is 0. The molecular weight excluding hydrogens is 361 g/mol. The largest absolute Gasteiger partial charge is 0.356 e. The smallest absolute Gasteiger partial charge is 0.191 e. The molecule has 112 valence electrons. The van der Waals surface area contributed by atoms with E-state index in [2.05, 4.69) is 60.7 Å². The fourth-order valence-electron chi connectivity index (χ4n) is 2.25. The van der Waals surface area contributed by atoms with Crippen molar-refractivity contribution in [1.82, 2.24) is 10.6 Å². The SMILES string of the molecule is CCc1ccc(C(C)(C)CNC2=NCCCN2)cc1.I. The van der Waals surface area contributed by atoms with Gasteiger partial charge in [0.1, 0.15) is 0 Å². The van der Waals surface area contributed by atoms with Gasteiger partial charge in [-0.05, 0) is 24.0 Å². The molecule has 20 heavy (non-hydrogen) atoms. The van der Waals surface area contributed by atoms with Crippen molar-refractivity contribution >= 4 is 29.9 Å². The Labute approximate surface area is 139 Å². The highest BCUT2D eigenvalue weighted by atomic mass is 127. The maximum absolute atomic E-state index is 4.45. The van der Waals surface area contributed by atoms with Gasteiger partial charge in [0.05, 0.1) is 0 Å². The molecule has 3 nitrogen and oxygen atoms in total. The Hall–Kier alpha value is -0.780. The molecule has 0 unspecified atom stereocenters. The van der Waals surface area contributed by atoms with Gasteiger partial charge in [0.15, 0.2) is 5.96 Å². The minimum Gasteiger partial charge on any atom is -0.356 e. The quantitative estimate of drug-likeness (QED) is 0.780. The van der Waals surface area contributed by atoms with Crippen LogP contribution < -0.4 is 10.6 Å². The van der Waals surface area contributed by atoms with Crippen molar-refractivity contribution in [3.05, 3.63) is 35.4 Å². The molecule has 0 saturated heterocycles. The Morgan fingerprint density at radius 2 is 1.95 bits per heavy atom. The van der Waals surface area contributed by atoms with E-state index in [4.69, 9.17) is 0 Å². The number of hydrogen-bond donors (Lipinski definition) is 2. The highest BCUT2D eigenvalue weighted by Crippen LogP contribution is 2.22. The zero-order chi connectivity index (χ0) is 13.7. The predicted octanol–water partition coefficient (Wildman–Crippen LogP) is 3.08. The number of nitrogens with zero attached hydrogens (tertiary/aromatic N) is 1. The summed E-state index contributed by atoms with van der Waals surface area (Å²) in [5.41, 5.74) is 2.87. The Morgan fingerprint density at radius 3 is 2.50 bits per heavy atom. The monoisotopic (exact) mass is 387 g/mol. The fourth-order valence-corrected chi connectivity index (χ4v) is 2.25. The van der Waals surface area contributed by atoms with Crippen molar-refractivity contribution in [2.75, 3.05) is 19.6 Å². The van der Waals surface area contributed by atoms with Crippen molar-refractivity contribution in [3.8, 4) is 0 Å². The fraction of sp³-hybridized carbons (Fsp3) is 0.562. The summed E-state index contributed by atoms with van der Waals surface area (Å²) in [5, 5.41) is 6.73. The summed E-state index contributed by atoms with van der Waals surface area (Å²) < 4.78 is 0. The van der Waals surface area contributed by atoms with Gasteiger partial charge in [-0.2, -0.15) is 0 Å². The van der Waals surface area contributed by atoms with Crippen molar-refractivity contribution in [2.24, 2.45) is 4.99 Å². The number of halogens is 1. The van der Waals surface area contributed by atoms with Gasteiger partial charge in [0, 0.05) is 25.0 Å². The average molecular weight is 387 g/mol. The van der Waals surface area contributed by atoms with Crippen LogP contribution in [0.25, 0.3) is 0 Å². The number of guanidine groups is 1. The number of rotatable bonds is 4. The summed E-state index contributed by atoms with van der Waals surface area (Å²) in [6.07, 6.45) is 2.23. The molecule has 0 fully saturated rings. The van der Waals surface area contributed by atoms with E-state index in [9.17, 15) is 0 Å². The van der Waals surface area contributed by atoms with Crippen LogP contribution in [0.4, 0.5) is 0 Å². The van der Waals surface area contributed by atoms with Gasteiger partial charge < -0.3 is 10.6 Å². The zero-order valence-corrected chi connectivity index (χ0v) is 15.0. The van der Waals surface area contributed by atoms with Crippen LogP contribution in [0.5, 0.6) is 0 Å². The number of hydrogen-bond acceptors (Lipinski definition) is 3. The van der Waals surface area contributed by atoms with E-state index < -0.39 is 0 Å². The molecule has 1 aliphatic heterocycles. The second-order valence-corrected chi connectivity index (χ2v) is 5.80. The molecule has 0 spiro atoms. The van der Waals surface area contributed by atoms with Crippen LogP contribution in [-0.4, -0.2) is 25.6 Å². The zero-order valence-electron chi connectivity index (χ0n) is 12.7. The predicted molar refractivity (Wildman–Crippen MR) is 97.2 cm³/mol. The third kappa shape index (κ3) is 4.65. The van der Waals surface area contributed by atoms with Crippen molar-refractivity contribution in [1.29, 1.82) is 0 Å². The average Bonchev–Trinajstić information content (AvgIpc) is 2.46. The Kier molecular flexibility index (Phi) is 6.79. The third-order valence-electron chi connectivity index (χ3n) is 3.74. The van der Waals surface area contributed by atoms with Crippen molar-refractivity contribution < 1.29 is 0 Å². The van der Waals surface area contributed by atoms with Crippen LogP contribution in [0.2, 0.25) is 0 Å². The molecule has 2 rings (SSSR count). The lowest BCUT2D eigenvalue weighted by Gasteiger charge is -2.27. The van der Waals surface area contributed by atoms with Crippen LogP contribution >= 0.6 is 24.0 Å². The molecule has 0 saturated carbocycles. The summed E-state index contributed by atoms with van der Waals surface area (Å²) in [7, 11) is 0. The van der Waals surface area contributed by atoms with Crippen molar-refractivity contribution in [3.63, 3.8) is 0 Å². The minimum atomic E-state index is 0. The molecule has 0 aromatic heterocycles. The van der Waals surface area contributed by atoms with Gasteiger partial charge in [0.2, 0.25) is 0 Å². The normalized spacial score (nSPS) is 14.8. The molecule has 1 aromatic carbocycles. The van der Waals surface area contributed by atoms with E-state index in [0.29, 0.717) is 0 Å². The molecule has 1 heterocycles. The molecule has 4 heteroatoms. The second kappa shape index (κ2) is 7.86. The Morgan fingerprint density at radius 1 is 1.25 bits per heavy atom. The Balaban J connectivity index is 0.00000200. The molecule has 0 radical (unpaired) electrons. The highest BCUT2D eigenvalue weighted by molar-refractivity contribution is 14.0. The lowest BCUT2D eigenvalue weighted by atomic mass is 9.84. The Bertz CT molecular complexity index is 438. The van der Waals surface area contributed by atoms with Gasteiger partial charge >= 0.3 is 0 Å². The third-order valence-corrected chi connectivity index (χ3v) is 3.74. The number of nitrogens with one attached hydrogen (secondary N) is 2. The number of aliphatic imine (C=N–C) groups is 1. The summed E-state index contributed by atoms with van der Waals surface area (Å²) in [6, 6.07) is 8.95. The van der Waals surface area contributed by atoms with Gasteiger partial charge in [-0.25, -0.2) is 0 Å². The maximum Gasteiger partial charge on any atom is 0.191 e. The molecule has 0 bridgehead atoms. The molecule has 1 aromatic rings. The first-order chi connectivity index (χ1) is 9.12. The first-order valence-electron chi connectivity index (χ1n) is 7.23. The van der Waals surface area contributed by atoms with Crippen LogP contribution in [0.3, 0.4) is 0 Å². The van der Waals surface area contributed by atoms with Crippen molar-refractivity contribution in [2.45, 2.75) is 39.0 Å². The lowest BCUT2D eigenvalue weighted by molar-refractivity contribution is 0.505. The minimum absolute atomic E-state index is 0. The molecule has 2 N–H and O–H groups in total. The summed E-state index contributed by atoms with van der Waals surface area (Å²) in [6.45, 7) is 9.58. The van der Waals surface area contributed by atoms with E-state index in [1.807, 2.05) is 0 Å². The molecule has 0 amide bonds. The molecule has 1 aliphatic rings.